The summed E-state index contributed by atoms with van der Waals surface area (Å²) in [6, 6.07) is 6.04. The standard InChI is InChI=1S/C25H29FN6O.C24H27FN6O.C21H19F2N5O2/c1-3-31-10-4-5-18(14-31)32-15-20(23-21(26)12-29-24(27)30-23)19-11-17(28-13-22(19)32)8-9-25(2,33)16-6-7-16;1-3-8-30-12-17(13-30)31-14-19(22-20(25)10-28-23(26)29-22)18-9-16(27-11-21(18)31)6-7-24(2,32)15-4-5-15;22-11-21(29,12-1-2-12)4-3-13-5-15-16(19-17(23)6-26-20(24)27-19)8-28(14-9-30-10-14)18(15)7-25-13/h11-13,15-16,18,33H,3-7,10,14H2,1-2H3,(H2,27,29,30);9-11,14-15,17,32H,3-5,8,12-13H2,1-2H3,(H2,26,28,29);5-8,12,14,29H,1-2,9-11H2,(H2,24,26,27). The van der Waals surface area contributed by atoms with E-state index in [0.29, 0.717) is 52.4 Å². The number of aromatic nitrogens is 12. The molecule has 9 N–H and O–H groups in total. The van der Waals surface area contributed by atoms with Gasteiger partial charge in [-0.25, -0.2) is 62.4 Å². The third-order valence-corrected chi connectivity index (χ3v) is 18.9. The van der Waals surface area contributed by atoms with Crippen molar-refractivity contribution in [2.45, 2.75) is 120 Å². The van der Waals surface area contributed by atoms with Crippen molar-refractivity contribution in [3.05, 3.63) is 109 Å². The molecule has 0 radical (unpaired) electrons. The van der Waals surface area contributed by atoms with Gasteiger partial charge < -0.3 is 55.9 Å². The first-order valence-electron chi connectivity index (χ1n) is 32.4. The average Bonchev–Trinajstić information content (AvgIpc) is 1.63. The number of likely N-dealkylation sites (tertiary alicyclic amines) is 2. The van der Waals surface area contributed by atoms with Crippen LogP contribution in [0.25, 0.3) is 66.5 Å². The molecule has 21 nitrogen and oxygen atoms in total. The molecule has 3 aliphatic heterocycles. The summed E-state index contributed by atoms with van der Waals surface area (Å²) >= 11 is 0. The topological polar surface area (TPSA) is 285 Å². The zero-order chi connectivity index (χ0) is 66.5. The minimum Gasteiger partial charge on any atom is -0.378 e. The van der Waals surface area contributed by atoms with E-state index in [-0.39, 0.29) is 70.8 Å². The molecule has 3 saturated heterocycles. The van der Waals surface area contributed by atoms with E-state index in [1.807, 2.05) is 29.1 Å². The van der Waals surface area contributed by atoms with Crippen LogP contribution in [-0.4, -0.2) is 160 Å². The number of rotatable bonds is 13. The fourth-order valence-electron chi connectivity index (χ4n) is 12.8. The fourth-order valence-corrected chi connectivity index (χ4v) is 12.8. The largest absolute Gasteiger partial charge is 0.378 e. The molecule has 4 atom stereocenters. The molecular weight excluding hydrogens is 1220 g/mol. The SMILES string of the molecule is CCCN1CC(n2cc(-c3nc(N)ncc3F)c3cc(C#CC(C)(O)C4CC4)ncc32)C1.CCN1CCCC(n2cc(-c3nc(N)ncc3F)c3cc(C#CC(C)(O)C4CC4)ncc32)C1.Nc1ncc(F)c(-c2cn(C3COC3)c3cnc(C#CC(O)(CF)C4CC4)cc23)n1. The van der Waals surface area contributed by atoms with Crippen LogP contribution in [0.2, 0.25) is 0 Å². The van der Waals surface area contributed by atoms with Gasteiger partial charge in [0, 0.05) is 83.0 Å². The molecule has 0 spiro atoms. The number of piperidine rings is 1. The van der Waals surface area contributed by atoms with E-state index >= 15 is 0 Å². The second kappa shape index (κ2) is 26.2. The second-order valence-electron chi connectivity index (χ2n) is 26.1. The Kier molecular flexibility index (Phi) is 17.8. The highest BCUT2D eigenvalue weighted by Crippen LogP contribution is 2.43. The first-order chi connectivity index (χ1) is 45.7. The number of hydrogen-bond acceptors (Lipinski definition) is 18. The zero-order valence-electron chi connectivity index (χ0n) is 53.4. The smallest absolute Gasteiger partial charge is 0.220 e. The molecule has 9 aromatic rings. The molecule has 4 unspecified atom stereocenters. The fraction of sp³-hybridized carbons (Fsp3) is 0.443. The van der Waals surface area contributed by atoms with E-state index in [1.54, 1.807) is 44.7 Å². The zero-order valence-corrected chi connectivity index (χ0v) is 53.4. The number of fused-ring (bicyclic) bond motifs is 3. The van der Waals surface area contributed by atoms with E-state index in [9.17, 15) is 32.9 Å². The lowest BCUT2D eigenvalue weighted by Crippen LogP contribution is -2.47. The van der Waals surface area contributed by atoms with Crippen molar-refractivity contribution < 1.29 is 37.6 Å². The maximum atomic E-state index is 14.8. The number of hydrogen-bond donors (Lipinski definition) is 6. The molecule has 15 rings (SSSR count). The Bertz CT molecular complexity index is 4590. The molecule has 0 bridgehead atoms. The van der Waals surface area contributed by atoms with Crippen LogP contribution < -0.4 is 17.2 Å². The van der Waals surface area contributed by atoms with Gasteiger partial charge in [-0.2, -0.15) is 0 Å². The van der Waals surface area contributed by atoms with E-state index < -0.39 is 40.9 Å². The predicted molar refractivity (Wildman–Crippen MR) is 352 cm³/mol. The van der Waals surface area contributed by atoms with Crippen molar-refractivity contribution in [3.8, 4) is 69.3 Å². The normalized spacial score (nSPS) is 19.4. The van der Waals surface area contributed by atoms with E-state index in [0.717, 1.165) is 143 Å². The van der Waals surface area contributed by atoms with Crippen LogP contribution in [0.1, 0.15) is 121 Å². The summed E-state index contributed by atoms with van der Waals surface area (Å²) in [7, 11) is 0. The highest BCUT2D eigenvalue weighted by molar-refractivity contribution is 5.98. The van der Waals surface area contributed by atoms with Crippen LogP contribution in [0.5, 0.6) is 0 Å². The Labute approximate surface area is 546 Å². The van der Waals surface area contributed by atoms with Crippen molar-refractivity contribution in [3.63, 3.8) is 0 Å². The van der Waals surface area contributed by atoms with Gasteiger partial charge in [0.15, 0.2) is 23.1 Å². The number of halogens is 4. The highest BCUT2D eigenvalue weighted by Gasteiger charge is 2.43. The Morgan fingerprint density at radius 1 is 0.526 bits per heavy atom. The van der Waals surface area contributed by atoms with Gasteiger partial charge in [-0.15, -0.1) is 0 Å². The molecule has 25 heteroatoms. The van der Waals surface area contributed by atoms with Gasteiger partial charge in [-0.3, -0.25) is 4.90 Å². The van der Waals surface area contributed by atoms with Gasteiger partial charge in [0.25, 0.3) is 0 Å². The molecule has 6 aliphatic rings. The summed E-state index contributed by atoms with van der Waals surface area (Å²) in [5.41, 5.74) is 19.7. The molecule has 9 aromatic heterocycles. The summed E-state index contributed by atoms with van der Waals surface area (Å²) in [6.45, 7) is 14.0. The molecule has 6 fully saturated rings. The van der Waals surface area contributed by atoms with E-state index in [2.05, 4.69) is 113 Å². The molecular formula is C70H75F4N17O4. The molecule has 0 amide bonds. The van der Waals surface area contributed by atoms with Gasteiger partial charge >= 0.3 is 0 Å². The van der Waals surface area contributed by atoms with Crippen molar-refractivity contribution in [2.75, 3.05) is 76.4 Å². The number of likely N-dealkylation sites (N-methyl/N-ethyl adjacent to an activating group) is 1. The summed E-state index contributed by atoms with van der Waals surface area (Å²) < 4.78 is 68.9. The minimum atomic E-state index is -1.65. The van der Waals surface area contributed by atoms with E-state index in [1.165, 1.54) is 0 Å². The summed E-state index contributed by atoms with van der Waals surface area (Å²) in [5, 5.41) is 33.8. The molecule has 3 saturated carbocycles. The monoisotopic (exact) mass is 1290 g/mol. The van der Waals surface area contributed by atoms with Crippen molar-refractivity contribution in [1.29, 1.82) is 0 Å². The Morgan fingerprint density at radius 3 is 1.31 bits per heavy atom. The van der Waals surface area contributed by atoms with Crippen LogP contribution in [0.4, 0.5) is 35.4 Å². The van der Waals surface area contributed by atoms with Crippen LogP contribution in [0.3, 0.4) is 0 Å². The number of nitrogens with two attached hydrogens (primary N) is 3. The summed E-state index contributed by atoms with van der Waals surface area (Å²) in [5.74, 6) is 16.1. The predicted octanol–water partition coefficient (Wildman–Crippen LogP) is 8.63. The highest BCUT2D eigenvalue weighted by atomic mass is 19.1. The maximum absolute atomic E-state index is 14.8. The number of aliphatic hydroxyl groups is 3. The van der Waals surface area contributed by atoms with E-state index in [4.69, 9.17) is 21.9 Å². The lowest BCUT2D eigenvalue weighted by molar-refractivity contribution is -0.0213. The second-order valence-corrected chi connectivity index (χ2v) is 26.1. The Balaban J connectivity index is 0.000000129. The summed E-state index contributed by atoms with van der Waals surface area (Å²) in [4.78, 5) is 41.9. The van der Waals surface area contributed by atoms with Gasteiger partial charge in [0.2, 0.25) is 17.8 Å². The lowest BCUT2D eigenvalue weighted by Gasteiger charge is -2.40. The van der Waals surface area contributed by atoms with Gasteiger partial charge in [-0.1, -0.05) is 31.6 Å². The van der Waals surface area contributed by atoms with Crippen LogP contribution in [-0.2, 0) is 4.74 Å². The van der Waals surface area contributed by atoms with Crippen LogP contribution in [0.15, 0.2) is 74.0 Å². The first kappa shape index (κ1) is 64.6. The average molecular weight is 1290 g/mol. The van der Waals surface area contributed by atoms with Crippen LogP contribution in [0, 0.1) is 70.7 Å². The number of nitrogen functional groups attached to an aromatic ring is 3. The number of pyridine rings is 3. The summed E-state index contributed by atoms with van der Waals surface area (Å²) in [6.07, 6.45) is 22.9. The molecule has 0 aromatic carbocycles. The maximum Gasteiger partial charge on any atom is 0.220 e. The van der Waals surface area contributed by atoms with Crippen molar-refractivity contribution in [1.82, 2.24) is 68.4 Å². The molecule has 95 heavy (non-hydrogen) atoms. The minimum absolute atomic E-state index is 0.0228. The van der Waals surface area contributed by atoms with Gasteiger partial charge in [-0.05, 0) is 139 Å². The number of alkyl halides is 1. The Morgan fingerprint density at radius 2 is 0.926 bits per heavy atom. The van der Waals surface area contributed by atoms with Crippen molar-refractivity contribution in [2.24, 2.45) is 17.8 Å². The number of nitrogens with zero attached hydrogens (tertiary/aromatic N) is 14. The van der Waals surface area contributed by atoms with Crippen LogP contribution >= 0.6 is 0 Å². The third-order valence-electron chi connectivity index (χ3n) is 18.9. The molecule has 492 valence electrons. The van der Waals surface area contributed by atoms with Crippen molar-refractivity contribution >= 4 is 50.6 Å². The van der Waals surface area contributed by atoms with Gasteiger partial charge in [0.1, 0.15) is 52.0 Å². The Hall–Kier alpha value is -9.13. The first-order valence-corrected chi connectivity index (χ1v) is 32.4. The molecule has 12 heterocycles. The quantitative estimate of drug-likeness (QED) is 0.0465. The van der Waals surface area contributed by atoms with Gasteiger partial charge in [0.05, 0.1) is 79.0 Å². The number of anilines is 3. The number of ether oxygens (including phenoxy) is 1. The molecule has 3 aliphatic carbocycles. The third kappa shape index (κ3) is 13.8. The lowest BCUT2D eigenvalue weighted by atomic mass is 10.0.